The summed E-state index contributed by atoms with van der Waals surface area (Å²) in [7, 11) is 0. The molecule has 0 aliphatic heterocycles. The molecule has 0 N–H and O–H groups in total. The second-order valence-corrected chi connectivity index (χ2v) is 6.20. The fourth-order valence-electron chi connectivity index (χ4n) is 2.52. The minimum Gasteiger partial charge on any atom is -0.483 e. The van der Waals surface area contributed by atoms with Crippen LogP contribution in [0.4, 0.5) is 0 Å². The molecule has 4 rings (SSSR count). The third-order valence-corrected chi connectivity index (χ3v) is 4.14. The Kier molecular flexibility index (Phi) is 4.01. The first-order chi connectivity index (χ1) is 11.8. The van der Waals surface area contributed by atoms with E-state index in [0.29, 0.717) is 11.7 Å². The normalized spacial score (nSPS) is 10.9. The van der Waals surface area contributed by atoms with E-state index in [2.05, 4.69) is 38.2 Å². The van der Waals surface area contributed by atoms with Crippen LogP contribution in [0.15, 0.2) is 75.7 Å². The molecule has 0 spiro atoms. The fraction of sp³-hybridized carbons (Fsp3) is 0.0526. The zero-order chi connectivity index (χ0) is 16.4. The Hall–Kier alpha value is -2.66. The highest BCUT2D eigenvalue weighted by atomic mass is 79.9. The number of fused-ring (bicyclic) bond motifs is 1. The van der Waals surface area contributed by atoms with Gasteiger partial charge in [-0.3, -0.25) is 0 Å². The van der Waals surface area contributed by atoms with Gasteiger partial charge in [-0.25, -0.2) is 0 Å². The van der Waals surface area contributed by atoms with Crippen LogP contribution in [0, 0.1) is 0 Å². The summed E-state index contributed by atoms with van der Waals surface area (Å²) in [6.45, 7) is 0.231. The third-order valence-electron chi connectivity index (χ3n) is 3.65. The van der Waals surface area contributed by atoms with Crippen molar-refractivity contribution in [2.45, 2.75) is 6.61 Å². The summed E-state index contributed by atoms with van der Waals surface area (Å²) < 4.78 is 12.1. The van der Waals surface area contributed by atoms with Gasteiger partial charge in [0.05, 0.1) is 0 Å². The molecule has 0 saturated carbocycles. The van der Waals surface area contributed by atoms with Gasteiger partial charge < -0.3 is 9.26 Å². The Labute approximate surface area is 147 Å². The molecule has 5 heteroatoms. The highest BCUT2D eigenvalue weighted by Crippen LogP contribution is 2.26. The van der Waals surface area contributed by atoms with Crippen molar-refractivity contribution in [2.75, 3.05) is 0 Å². The van der Waals surface area contributed by atoms with Crippen LogP contribution in [0.2, 0.25) is 0 Å². The first kappa shape index (κ1) is 14.9. The van der Waals surface area contributed by atoms with Crippen LogP contribution < -0.4 is 4.74 Å². The summed E-state index contributed by atoms with van der Waals surface area (Å²) in [5.74, 6) is 1.79. The smallest absolute Gasteiger partial charge is 0.264 e. The maximum absolute atomic E-state index is 5.87. The molecule has 0 bridgehead atoms. The van der Waals surface area contributed by atoms with Crippen LogP contribution in [0.25, 0.3) is 22.2 Å². The third kappa shape index (κ3) is 3.03. The highest BCUT2D eigenvalue weighted by molar-refractivity contribution is 9.10. The number of ether oxygens (including phenoxy) is 1. The summed E-state index contributed by atoms with van der Waals surface area (Å²) in [6, 6.07) is 21.8. The summed E-state index contributed by atoms with van der Waals surface area (Å²) >= 11 is 3.44. The molecule has 0 atom stereocenters. The summed E-state index contributed by atoms with van der Waals surface area (Å²) in [5, 5.41) is 6.21. The van der Waals surface area contributed by atoms with E-state index in [1.54, 1.807) is 0 Å². The Morgan fingerprint density at radius 2 is 1.79 bits per heavy atom. The molecule has 1 aromatic heterocycles. The number of hydrogen-bond donors (Lipinski definition) is 0. The molecule has 0 aliphatic carbocycles. The zero-order valence-electron chi connectivity index (χ0n) is 12.6. The number of nitrogens with zero attached hydrogens (tertiary/aromatic N) is 2. The van der Waals surface area contributed by atoms with Crippen LogP contribution in [0.3, 0.4) is 0 Å². The molecule has 4 aromatic rings. The van der Waals surface area contributed by atoms with Crippen molar-refractivity contribution < 1.29 is 9.26 Å². The predicted octanol–water partition coefficient (Wildman–Crippen LogP) is 5.23. The van der Waals surface area contributed by atoms with Gasteiger partial charge in [0.2, 0.25) is 5.82 Å². The Balaban J connectivity index is 1.54. The molecular weight excluding hydrogens is 368 g/mol. The highest BCUT2D eigenvalue weighted by Gasteiger charge is 2.10. The lowest BCUT2D eigenvalue weighted by Crippen LogP contribution is -1.96. The van der Waals surface area contributed by atoms with E-state index in [1.165, 1.54) is 0 Å². The van der Waals surface area contributed by atoms with Gasteiger partial charge in [0, 0.05) is 15.4 Å². The molecule has 118 valence electrons. The topological polar surface area (TPSA) is 48.2 Å². The number of benzene rings is 3. The minimum atomic E-state index is 0.231. The first-order valence-corrected chi connectivity index (χ1v) is 8.28. The summed E-state index contributed by atoms with van der Waals surface area (Å²) in [5.41, 5.74) is 0.893. The van der Waals surface area contributed by atoms with Gasteiger partial charge in [-0.15, -0.1) is 0 Å². The summed E-state index contributed by atoms with van der Waals surface area (Å²) in [4.78, 5) is 4.39. The average Bonchev–Trinajstić information content (AvgIpc) is 3.09. The SMILES string of the molecule is Brc1cccc(-c2noc(COc3cccc4ccccc34)n2)c1. The van der Waals surface area contributed by atoms with Crippen molar-refractivity contribution in [2.24, 2.45) is 0 Å². The van der Waals surface area contributed by atoms with Gasteiger partial charge >= 0.3 is 0 Å². The molecule has 4 nitrogen and oxygen atoms in total. The second-order valence-electron chi connectivity index (χ2n) is 5.29. The van der Waals surface area contributed by atoms with E-state index in [9.17, 15) is 0 Å². The van der Waals surface area contributed by atoms with E-state index in [1.807, 2.05) is 54.6 Å². The van der Waals surface area contributed by atoms with Gasteiger partial charge in [-0.1, -0.05) is 69.6 Å². The molecule has 0 amide bonds. The van der Waals surface area contributed by atoms with Gasteiger partial charge in [0.15, 0.2) is 6.61 Å². The van der Waals surface area contributed by atoms with Crippen LogP contribution in [0.1, 0.15) is 5.89 Å². The number of hydrogen-bond acceptors (Lipinski definition) is 4. The number of aromatic nitrogens is 2. The molecule has 24 heavy (non-hydrogen) atoms. The standard InChI is InChI=1S/C19H13BrN2O2/c20-15-8-3-7-14(11-15)19-21-18(24-22-19)12-23-17-10-4-6-13-5-1-2-9-16(13)17/h1-11H,12H2. The molecule has 0 aliphatic rings. The van der Waals surface area contributed by atoms with Crippen LogP contribution in [0.5, 0.6) is 5.75 Å². The van der Waals surface area contributed by atoms with Crippen molar-refractivity contribution in [3.8, 4) is 17.1 Å². The predicted molar refractivity (Wildman–Crippen MR) is 95.7 cm³/mol. The monoisotopic (exact) mass is 380 g/mol. The van der Waals surface area contributed by atoms with Crippen molar-refractivity contribution in [3.05, 3.63) is 77.1 Å². The molecule has 1 heterocycles. The summed E-state index contributed by atoms with van der Waals surface area (Å²) in [6.07, 6.45) is 0. The van der Waals surface area contributed by atoms with Crippen LogP contribution in [-0.4, -0.2) is 10.1 Å². The molecule has 0 saturated heterocycles. The molecule has 0 unspecified atom stereocenters. The molecule has 3 aromatic carbocycles. The van der Waals surface area contributed by atoms with E-state index in [-0.39, 0.29) is 6.61 Å². The Bertz CT molecular complexity index is 992. The first-order valence-electron chi connectivity index (χ1n) is 7.49. The minimum absolute atomic E-state index is 0.231. The van der Waals surface area contributed by atoms with Crippen LogP contribution >= 0.6 is 15.9 Å². The maximum Gasteiger partial charge on any atom is 0.264 e. The van der Waals surface area contributed by atoms with E-state index >= 15 is 0 Å². The van der Waals surface area contributed by atoms with Crippen molar-refractivity contribution in [1.29, 1.82) is 0 Å². The lowest BCUT2D eigenvalue weighted by Gasteiger charge is -2.06. The second kappa shape index (κ2) is 6.45. The number of halogens is 1. The van der Waals surface area contributed by atoms with Gasteiger partial charge in [-0.05, 0) is 23.6 Å². The Morgan fingerprint density at radius 1 is 0.958 bits per heavy atom. The van der Waals surface area contributed by atoms with E-state index in [0.717, 1.165) is 26.6 Å². The van der Waals surface area contributed by atoms with Gasteiger partial charge in [0.1, 0.15) is 5.75 Å². The van der Waals surface area contributed by atoms with Crippen molar-refractivity contribution >= 4 is 26.7 Å². The van der Waals surface area contributed by atoms with Gasteiger partial charge in [0.25, 0.3) is 5.89 Å². The van der Waals surface area contributed by atoms with Crippen molar-refractivity contribution in [3.63, 3.8) is 0 Å². The number of rotatable bonds is 4. The van der Waals surface area contributed by atoms with Gasteiger partial charge in [-0.2, -0.15) is 4.98 Å². The molecule has 0 fully saturated rings. The lowest BCUT2D eigenvalue weighted by atomic mass is 10.1. The van der Waals surface area contributed by atoms with E-state index < -0.39 is 0 Å². The molecule has 0 radical (unpaired) electrons. The van der Waals surface area contributed by atoms with Crippen molar-refractivity contribution in [1.82, 2.24) is 10.1 Å². The Morgan fingerprint density at radius 3 is 2.71 bits per heavy atom. The molecular formula is C19H13BrN2O2. The fourth-order valence-corrected chi connectivity index (χ4v) is 2.92. The maximum atomic E-state index is 5.87. The quantitative estimate of drug-likeness (QED) is 0.486. The average molecular weight is 381 g/mol. The lowest BCUT2D eigenvalue weighted by molar-refractivity contribution is 0.245. The zero-order valence-corrected chi connectivity index (χ0v) is 14.2. The van der Waals surface area contributed by atoms with E-state index in [4.69, 9.17) is 9.26 Å². The van der Waals surface area contributed by atoms with Crippen LogP contribution in [-0.2, 0) is 6.61 Å². The largest absolute Gasteiger partial charge is 0.483 e.